The van der Waals surface area contributed by atoms with Gasteiger partial charge in [-0.3, -0.25) is 4.79 Å². The molecule has 0 aliphatic heterocycles. The molecule has 20 heavy (non-hydrogen) atoms. The highest BCUT2D eigenvalue weighted by Crippen LogP contribution is 2.20. The molecule has 0 radical (unpaired) electrons. The number of benzene rings is 1. The summed E-state index contributed by atoms with van der Waals surface area (Å²) in [5.74, 6) is -0.137. The van der Waals surface area contributed by atoms with Crippen molar-refractivity contribution < 1.29 is 15.0 Å². The third kappa shape index (κ3) is 4.21. The monoisotopic (exact) mass is 280 g/mol. The van der Waals surface area contributed by atoms with Crippen LogP contribution in [0.4, 0.5) is 5.69 Å². The Bertz CT molecular complexity index is 419. The van der Waals surface area contributed by atoms with E-state index in [-0.39, 0.29) is 25.0 Å². The van der Waals surface area contributed by atoms with Gasteiger partial charge in [0.05, 0.1) is 18.8 Å². The van der Waals surface area contributed by atoms with Gasteiger partial charge in [-0.05, 0) is 30.0 Å². The number of amides is 1. The SMILES string of the molecule is CCC(CO)(CO)NC(=O)CC(C)c1ccc(N)cc1. The molecule has 1 rings (SSSR count). The normalized spacial score (nSPS) is 13.0. The number of carbonyl (C=O) groups is 1. The molecule has 0 fully saturated rings. The first-order valence-electron chi connectivity index (χ1n) is 6.84. The topological polar surface area (TPSA) is 95.6 Å². The van der Waals surface area contributed by atoms with Crippen LogP contribution in [-0.2, 0) is 4.79 Å². The van der Waals surface area contributed by atoms with Crippen LogP contribution >= 0.6 is 0 Å². The van der Waals surface area contributed by atoms with Gasteiger partial charge in [0.1, 0.15) is 0 Å². The van der Waals surface area contributed by atoms with E-state index in [9.17, 15) is 15.0 Å². The zero-order chi connectivity index (χ0) is 15.2. The predicted octanol–water partition coefficient (Wildman–Crippen LogP) is 1.01. The van der Waals surface area contributed by atoms with Gasteiger partial charge in [0.25, 0.3) is 0 Å². The lowest BCUT2D eigenvalue weighted by molar-refractivity contribution is -0.124. The van der Waals surface area contributed by atoms with E-state index in [0.29, 0.717) is 18.5 Å². The fraction of sp³-hybridized carbons (Fsp3) is 0.533. The lowest BCUT2D eigenvalue weighted by Gasteiger charge is -2.30. The maximum atomic E-state index is 12.0. The number of hydrogen-bond acceptors (Lipinski definition) is 4. The summed E-state index contributed by atoms with van der Waals surface area (Å²) in [6.45, 7) is 3.22. The minimum absolute atomic E-state index is 0.0440. The Labute approximate surface area is 119 Å². The molecule has 112 valence electrons. The van der Waals surface area contributed by atoms with Crippen molar-refractivity contribution in [2.45, 2.75) is 38.1 Å². The Morgan fingerprint density at radius 1 is 1.30 bits per heavy atom. The van der Waals surface area contributed by atoms with Crippen LogP contribution in [0.25, 0.3) is 0 Å². The highest BCUT2D eigenvalue weighted by molar-refractivity contribution is 5.77. The van der Waals surface area contributed by atoms with Gasteiger partial charge < -0.3 is 21.3 Å². The Morgan fingerprint density at radius 2 is 1.85 bits per heavy atom. The second-order valence-corrected chi connectivity index (χ2v) is 5.27. The Morgan fingerprint density at radius 3 is 2.30 bits per heavy atom. The summed E-state index contributed by atoms with van der Waals surface area (Å²) in [5.41, 5.74) is 6.42. The Balaban J connectivity index is 2.63. The van der Waals surface area contributed by atoms with E-state index in [2.05, 4.69) is 5.32 Å². The van der Waals surface area contributed by atoms with Crippen molar-refractivity contribution in [3.63, 3.8) is 0 Å². The van der Waals surface area contributed by atoms with Gasteiger partial charge in [0.15, 0.2) is 0 Å². The minimum Gasteiger partial charge on any atom is -0.399 e. The quantitative estimate of drug-likeness (QED) is 0.561. The molecule has 0 saturated carbocycles. The molecule has 1 aromatic rings. The number of nitrogens with one attached hydrogen (secondary N) is 1. The molecule has 1 aromatic carbocycles. The van der Waals surface area contributed by atoms with Gasteiger partial charge in [-0.25, -0.2) is 0 Å². The third-order valence-corrected chi connectivity index (χ3v) is 3.68. The molecular weight excluding hydrogens is 256 g/mol. The van der Waals surface area contributed by atoms with Gasteiger partial charge >= 0.3 is 0 Å². The van der Waals surface area contributed by atoms with E-state index < -0.39 is 5.54 Å². The fourth-order valence-electron chi connectivity index (χ4n) is 2.01. The second-order valence-electron chi connectivity index (χ2n) is 5.27. The summed E-state index contributed by atoms with van der Waals surface area (Å²) in [6, 6.07) is 7.42. The minimum atomic E-state index is -0.933. The summed E-state index contributed by atoms with van der Waals surface area (Å²) in [6.07, 6.45) is 0.771. The van der Waals surface area contributed by atoms with Gasteiger partial charge in [-0.15, -0.1) is 0 Å². The first kappa shape index (κ1) is 16.5. The molecule has 1 unspecified atom stereocenters. The highest BCUT2D eigenvalue weighted by atomic mass is 16.3. The van der Waals surface area contributed by atoms with Crippen LogP contribution in [0.3, 0.4) is 0 Å². The highest BCUT2D eigenvalue weighted by Gasteiger charge is 2.28. The Hall–Kier alpha value is -1.59. The van der Waals surface area contributed by atoms with Crippen LogP contribution < -0.4 is 11.1 Å². The van der Waals surface area contributed by atoms with Crippen LogP contribution in [0.2, 0.25) is 0 Å². The number of rotatable bonds is 7. The van der Waals surface area contributed by atoms with E-state index in [4.69, 9.17) is 5.73 Å². The summed E-state index contributed by atoms with van der Waals surface area (Å²) in [4.78, 5) is 12.0. The molecule has 0 bridgehead atoms. The fourth-order valence-corrected chi connectivity index (χ4v) is 2.01. The first-order valence-corrected chi connectivity index (χ1v) is 6.84. The molecule has 5 heteroatoms. The Kier molecular flexibility index (Phi) is 5.98. The van der Waals surface area contributed by atoms with Crippen LogP contribution in [0.5, 0.6) is 0 Å². The van der Waals surface area contributed by atoms with Crippen molar-refractivity contribution in [2.75, 3.05) is 18.9 Å². The average Bonchev–Trinajstić information content (AvgIpc) is 2.45. The largest absolute Gasteiger partial charge is 0.399 e. The predicted molar refractivity (Wildman–Crippen MR) is 79.2 cm³/mol. The van der Waals surface area contributed by atoms with Crippen LogP contribution in [0.1, 0.15) is 38.2 Å². The first-order chi connectivity index (χ1) is 9.46. The standard InChI is InChI=1S/C15H24N2O3/c1-3-15(9-18,10-19)17-14(20)8-11(2)12-4-6-13(16)7-5-12/h4-7,11,18-19H,3,8-10,16H2,1-2H3,(H,17,20). The second kappa shape index (κ2) is 7.26. The van der Waals surface area contributed by atoms with Crippen LogP contribution in [0.15, 0.2) is 24.3 Å². The van der Waals surface area contributed by atoms with Gasteiger partial charge in [-0.1, -0.05) is 26.0 Å². The molecule has 5 N–H and O–H groups in total. The molecule has 1 amide bonds. The van der Waals surface area contributed by atoms with E-state index in [1.807, 2.05) is 38.1 Å². The van der Waals surface area contributed by atoms with Gasteiger partial charge in [0.2, 0.25) is 5.91 Å². The van der Waals surface area contributed by atoms with E-state index in [1.165, 1.54) is 0 Å². The van der Waals surface area contributed by atoms with Crippen molar-refractivity contribution in [3.8, 4) is 0 Å². The van der Waals surface area contributed by atoms with Crippen molar-refractivity contribution in [1.29, 1.82) is 0 Å². The van der Waals surface area contributed by atoms with Crippen LogP contribution in [0, 0.1) is 0 Å². The summed E-state index contributed by atoms with van der Waals surface area (Å²) in [7, 11) is 0. The molecule has 0 saturated heterocycles. The summed E-state index contributed by atoms with van der Waals surface area (Å²) >= 11 is 0. The lowest BCUT2D eigenvalue weighted by atomic mass is 9.94. The molecule has 0 aliphatic carbocycles. The third-order valence-electron chi connectivity index (χ3n) is 3.68. The number of aliphatic hydroxyl groups is 2. The van der Waals surface area contributed by atoms with Crippen molar-refractivity contribution in [3.05, 3.63) is 29.8 Å². The van der Waals surface area contributed by atoms with Gasteiger partial charge in [-0.2, -0.15) is 0 Å². The molecule has 0 heterocycles. The maximum Gasteiger partial charge on any atom is 0.221 e. The average molecular weight is 280 g/mol. The van der Waals surface area contributed by atoms with Gasteiger partial charge in [0, 0.05) is 12.1 Å². The molecular formula is C15H24N2O3. The van der Waals surface area contributed by atoms with Crippen molar-refractivity contribution in [1.82, 2.24) is 5.32 Å². The number of nitrogens with two attached hydrogens (primary N) is 1. The number of aliphatic hydroxyl groups excluding tert-OH is 2. The summed E-state index contributed by atoms with van der Waals surface area (Å²) < 4.78 is 0. The molecule has 0 aromatic heterocycles. The number of hydrogen-bond donors (Lipinski definition) is 4. The smallest absolute Gasteiger partial charge is 0.221 e. The number of nitrogen functional groups attached to an aromatic ring is 1. The van der Waals surface area contributed by atoms with Crippen molar-refractivity contribution in [2.24, 2.45) is 0 Å². The number of anilines is 1. The molecule has 5 nitrogen and oxygen atoms in total. The van der Waals surface area contributed by atoms with E-state index >= 15 is 0 Å². The van der Waals surface area contributed by atoms with E-state index in [0.717, 1.165) is 5.56 Å². The van der Waals surface area contributed by atoms with Crippen molar-refractivity contribution >= 4 is 11.6 Å². The zero-order valence-corrected chi connectivity index (χ0v) is 12.1. The summed E-state index contributed by atoms with van der Waals surface area (Å²) in [5, 5.41) is 21.4. The maximum absolute atomic E-state index is 12.0. The lowest BCUT2D eigenvalue weighted by Crippen LogP contribution is -2.53. The molecule has 1 atom stereocenters. The number of carbonyl (C=O) groups excluding carboxylic acids is 1. The van der Waals surface area contributed by atoms with E-state index in [1.54, 1.807) is 0 Å². The molecule has 0 spiro atoms. The molecule has 0 aliphatic rings. The zero-order valence-electron chi connectivity index (χ0n) is 12.1. The van der Waals surface area contributed by atoms with Crippen LogP contribution in [-0.4, -0.2) is 34.9 Å².